The molecule has 0 N–H and O–H groups in total. The lowest BCUT2D eigenvalue weighted by Gasteiger charge is -2.13. The van der Waals surface area contributed by atoms with Gasteiger partial charge in [0.15, 0.2) is 0 Å². The minimum atomic E-state index is 0.777. The molecule has 0 aliphatic carbocycles. The van der Waals surface area contributed by atoms with Crippen molar-refractivity contribution < 1.29 is 4.74 Å². The molecule has 0 aromatic carbocycles. The van der Waals surface area contributed by atoms with E-state index in [1.165, 1.54) is 0 Å². The maximum Gasteiger partial charge on any atom is 0.0897 e. The molecule has 1 rings (SSSR count). The lowest BCUT2D eigenvalue weighted by atomic mass is 10.4. The zero-order valence-electron chi connectivity index (χ0n) is 10.4. The van der Waals surface area contributed by atoms with Gasteiger partial charge < -0.3 is 4.74 Å². The maximum absolute atomic E-state index is 5.00. The highest BCUT2D eigenvalue weighted by Crippen LogP contribution is 2.09. The summed E-state index contributed by atoms with van der Waals surface area (Å²) in [6, 6.07) is 0. The van der Waals surface area contributed by atoms with E-state index in [0.29, 0.717) is 0 Å². The summed E-state index contributed by atoms with van der Waals surface area (Å²) in [5, 5.41) is 3.24. The van der Waals surface area contributed by atoms with Crippen LogP contribution in [0.25, 0.3) is 0 Å². The molecule has 0 spiro atoms. The van der Waals surface area contributed by atoms with Crippen LogP contribution in [-0.2, 0) is 11.3 Å². The first-order valence-corrected chi connectivity index (χ1v) is 6.19. The highest BCUT2D eigenvalue weighted by molar-refractivity contribution is 7.09. The molecule has 0 amide bonds. The molecule has 4 heteroatoms. The monoisotopic (exact) mass is 230 g/mol. The van der Waals surface area contributed by atoms with Crippen molar-refractivity contribution in [2.45, 2.75) is 27.3 Å². The van der Waals surface area contributed by atoms with Gasteiger partial charge in [0.25, 0.3) is 0 Å². The van der Waals surface area contributed by atoms with Gasteiger partial charge in [0.05, 0.1) is 17.3 Å². The number of likely N-dealkylation sites (N-methyl/N-ethyl adjacent to an activating group) is 1. The molecule has 0 radical (unpaired) electrons. The van der Waals surface area contributed by atoms with Crippen LogP contribution in [0.2, 0.25) is 0 Å². The number of aryl methyl sites for hydroxylation is 1. The van der Waals surface area contributed by atoms with E-state index in [1.54, 1.807) is 18.4 Å². The summed E-state index contributed by atoms with van der Waals surface area (Å²) in [5.74, 6) is 0. The first-order valence-electron chi connectivity index (χ1n) is 5.31. The van der Waals surface area contributed by atoms with Crippen molar-refractivity contribution >= 4 is 11.3 Å². The molecule has 0 unspecified atom stereocenters. The molecule has 0 saturated heterocycles. The molecule has 1 aromatic heterocycles. The van der Waals surface area contributed by atoms with Crippen LogP contribution in [0.5, 0.6) is 0 Å². The smallest absolute Gasteiger partial charge is 0.0897 e. The number of hydrogen-bond acceptors (Lipinski definition) is 4. The second-order valence-corrected chi connectivity index (χ2v) is 4.15. The van der Waals surface area contributed by atoms with E-state index in [9.17, 15) is 0 Å². The molecule has 0 atom stereocenters. The third-order valence-electron chi connectivity index (χ3n) is 1.78. The van der Waals surface area contributed by atoms with Crippen molar-refractivity contribution in [1.82, 2.24) is 9.88 Å². The minimum Gasteiger partial charge on any atom is -0.383 e. The molecule has 0 saturated carbocycles. The highest BCUT2D eigenvalue weighted by atomic mass is 32.1. The Labute approximate surface area is 97.1 Å². The Hall–Kier alpha value is -0.450. The van der Waals surface area contributed by atoms with Gasteiger partial charge in [0.1, 0.15) is 0 Å². The molecule has 0 aliphatic heterocycles. The molecule has 1 aromatic rings. The van der Waals surface area contributed by atoms with Crippen LogP contribution in [0, 0.1) is 6.92 Å². The number of aromatic nitrogens is 1. The SMILES string of the molecule is CC.COCCN(C)Cc1csc(C)n1. The number of thiazole rings is 1. The topological polar surface area (TPSA) is 25.4 Å². The molecule has 1 heterocycles. The standard InChI is InChI=1S/C9H16N2OS.C2H6/c1-8-10-9(7-13-8)6-11(2)4-5-12-3;1-2/h7H,4-6H2,1-3H3;1-2H3. The minimum absolute atomic E-state index is 0.777. The van der Waals surface area contributed by atoms with E-state index < -0.39 is 0 Å². The summed E-state index contributed by atoms with van der Waals surface area (Å²) < 4.78 is 5.00. The van der Waals surface area contributed by atoms with Gasteiger partial charge in [-0.2, -0.15) is 0 Å². The van der Waals surface area contributed by atoms with Crippen LogP contribution in [0.15, 0.2) is 5.38 Å². The van der Waals surface area contributed by atoms with Gasteiger partial charge in [0.2, 0.25) is 0 Å². The Morgan fingerprint density at radius 2 is 2.13 bits per heavy atom. The normalized spacial score (nSPS) is 10.0. The van der Waals surface area contributed by atoms with E-state index in [1.807, 2.05) is 20.8 Å². The largest absolute Gasteiger partial charge is 0.383 e. The molecule has 0 bridgehead atoms. The van der Waals surface area contributed by atoms with Crippen molar-refractivity contribution in [2.75, 3.05) is 27.3 Å². The van der Waals surface area contributed by atoms with Gasteiger partial charge in [-0.15, -0.1) is 11.3 Å². The Balaban J connectivity index is 0.000000921. The van der Waals surface area contributed by atoms with Gasteiger partial charge in [0, 0.05) is 25.6 Å². The summed E-state index contributed by atoms with van der Waals surface area (Å²) in [6.45, 7) is 8.67. The molecule has 3 nitrogen and oxygen atoms in total. The molecule has 0 aliphatic rings. The first-order chi connectivity index (χ1) is 7.22. The van der Waals surface area contributed by atoms with Crippen molar-refractivity contribution in [3.05, 3.63) is 16.1 Å². The highest BCUT2D eigenvalue weighted by Gasteiger charge is 2.02. The van der Waals surface area contributed by atoms with Crippen molar-refractivity contribution in [2.24, 2.45) is 0 Å². The third-order valence-corrected chi connectivity index (χ3v) is 2.60. The van der Waals surface area contributed by atoms with E-state index in [-0.39, 0.29) is 0 Å². The van der Waals surface area contributed by atoms with Gasteiger partial charge in [-0.3, -0.25) is 4.90 Å². The molecular formula is C11H22N2OS. The summed E-state index contributed by atoms with van der Waals surface area (Å²) in [6.07, 6.45) is 0. The van der Waals surface area contributed by atoms with Gasteiger partial charge in [-0.25, -0.2) is 4.98 Å². The third kappa shape index (κ3) is 6.60. The quantitative estimate of drug-likeness (QED) is 0.777. The first kappa shape index (κ1) is 14.6. The van der Waals surface area contributed by atoms with Crippen molar-refractivity contribution in [3.8, 4) is 0 Å². The van der Waals surface area contributed by atoms with Crippen LogP contribution < -0.4 is 0 Å². The Morgan fingerprint density at radius 1 is 1.47 bits per heavy atom. The number of hydrogen-bond donors (Lipinski definition) is 0. The Kier molecular flexibility index (Phi) is 8.56. The summed E-state index contributed by atoms with van der Waals surface area (Å²) in [5.41, 5.74) is 1.15. The van der Waals surface area contributed by atoms with Crippen molar-refractivity contribution in [3.63, 3.8) is 0 Å². The number of rotatable bonds is 5. The van der Waals surface area contributed by atoms with E-state index >= 15 is 0 Å². The van der Waals surface area contributed by atoms with E-state index in [2.05, 4.69) is 22.3 Å². The molecular weight excluding hydrogens is 208 g/mol. The lowest BCUT2D eigenvalue weighted by Crippen LogP contribution is -2.22. The van der Waals surface area contributed by atoms with Crippen LogP contribution in [-0.4, -0.2) is 37.2 Å². The van der Waals surface area contributed by atoms with Crippen LogP contribution in [0.4, 0.5) is 0 Å². The van der Waals surface area contributed by atoms with Gasteiger partial charge in [-0.1, -0.05) is 13.8 Å². The molecule has 15 heavy (non-hydrogen) atoms. The summed E-state index contributed by atoms with van der Waals surface area (Å²) >= 11 is 1.70. The lowest BCUT2D eigenvalue weighted by molar-refractivity contribution is 0.158. The predicted octanol–water partition coefficient (Wildman–Crippen LogP) is 2.56. The average molecular weight is 230 g/mol. The zero-order valence-corrected chi connectivity index (χ0v) is 11.2. The number of nitrogens with zero attached hydrogens (tertiary/aromatic N) is 2. The van der Waals surface area contributed by atoms with E-state index in [0.717, 1.165) is 30.4 Å². The molecule has 88 valence electrons. The fourth-order valence-electron chi connectivity index (χ4n) is 1.08. The second-order valence-electron chi connectivity index (χ2n) is 3.09. The fourth-order valence-corrected chi connectivity index (χ4v) is 1.69. The summed E-state index contributed by atoms with van der Waals surface area (Å²) in [4.78, 5) is 6.60. The van der Waals surface area contributed by atoms with Crippen LogP contribution in [0.3, 0.4) is 0 Å². The summed E-state index contributed by atoms with van der Waals surface area (Å²) in [7, 11) is 3.80. The maximum atomic E-state index is 5.00. The van der Waals surface area contributed by atoms with Gasteiger partial charge >= 0.3 is 0 Å². The van der Waals surface area contributed by atoms with Crippen molar-refractivity contribution in [1.29, 1.82) is 0 Å². The molecule has 0 fully saturated rings. The Morgan fingerprint density at radius 3 is 2.60 bits per heavy atom. The predicted molar refractivity (Wildman–Crippen MR) is 66.4 cm³/mol. The van der Waals surface area contributed by atoms with Gasteiger partial charge in [-0.05, 0) is 14.0 Å². The van der Waals surface area contributed by atoms with Crippen LogP contribution in [0.1, 0.15) is 24.5 Å². The average Bonchev–Trinajstić information content (AvgIpc) is 2.64. The zero-order chi connectivity index (χ0) is 11.7. The number of methoxy groups -OCH3 is 1. The number of ether oxygens (including phenoxy) is 1. The van der Waals surface area contributed by atoms with E-state index in [4.69, 9.17) is 4.74 Å². The Bertz CT molecular complexity index is 250. The fraction of sp³-hybridized carbons (Fsp3) is 0.727. The van der Waals surface area contributed by atoms with Crippen LogP contribution >= 0.6 is 11.3 Å². The second kappa shape index (κ2) is 8.83.